The van der Waals surface area contributed by atoms with Crippen molar-refractivity contribution >= 4 is 18.1 Å². The summed E-state index contributed by atoms with van der Waals surface area (Å²) in [5, 5.41) is 1.73. The van der Waals surface area contributed by atoms with Crippen LogP contribution in [0.25, 0.3) is 0 Å². The van der Waals surface area contributed by atoms with Gasteiger partial charge in [-0.1, -0.05) is 12.2 Å². The maximum Gasteiger partial charge on any atom is 0.241 e. The summed E-state index contributed by atoms with van der Waals surface area (Å²) in [5.74, 6) is 0.183. The first-order valence-corrected chi connectivity index (χ1v) is 4.67. The molecule has 1 amide bonds. The molecule has 0 radical (unpaired) electrons. The van der Waals surface area contributed by atoms with Crippen LogP contribution in [0.3, 0.4) is 0 Å². The lowest BCUT2D eigenvalue weighted by Crippen LogP contribution is -2.34. The standard InChI is InChI=1S/C9H10N2OS/c12-9-2-1-5-11(9)10-6-3-8(13)4-7-10/h3-4,6-7H,1-2,5H2. The number of rotatable bonds is 1. The van der Waals surface area contributed by atoms with E-state index in [1.807, 2.05) is 24.5 Å². The molecule has 0 spiro atoms. The minimum absolute atomic E-state index is 0.183. The Morgan fingerprint density at radius 2 is 2.00 bits per heavy atom. The fourth-order valence-corrected chi connectivity index (χ4v) is 1.57. The monoisotopic (exact) mass is 194 g/mol. The number of hydrogen-bond donors (Lipinski definition) is 0. The minimum Gasteiger partial charge on any atom is -0.273 e. The van der Waals surface area contributed by atoms with Crippen LogP contribution in [0.2, 0.25) is 0 Å². The normalized spacial score (nSPS) is 16.6. The zero-order chi connectivity index (χ0) is 9.26. The van der Waals surface area contributed by atoms with Gasteiger partial charge in [0.05, 0.1) is 0 Å². The maximum absolute atomic E-state index is 11.3. The van der Waals surface area contributed by atoms with Crippen LogP contribution >= 0.6 is 12.2 Å². The van der Waals surface area contributed by atoms with Crippen molar-refractivity contribution in [3.8, 4) is 0 Å². The topological polar surface area (TPSA) is 25.2 Å². The first-order valence-electron chi connectivity index (χ1n) is 4.26. The smallest absolute Gasteiger partial charge is 0.241 e. The number of nitrogens with zero attached hydrogens (tertiary/aromatic N) is 2. The summed E-state index contributed by atoms with van der Waals surface area (Å²) in [5.41, 5.74) is 0. The molecule has 0 aliphatic carbocycles. The number of hydrogen-bond acceptors (Lipinski definition) is 2. The maximum atomic E-state index is 11.3. The van der Waals surface area contributed by atoms with E-state index in [1.54, 1.807) is 9.69 Å². The number of amides is 1. The summed E-state index contributed by atoms with van der Waals surface area (Å²) >= 11 is 4.96. The lowest BCUT2D eigenvalue weighted by molar-refractivity contribution is -0.118. The Balaban J connectivity index is 2.30. The lowest BCUT2D eigenvalue weighted by atomic mass is 10.4. The number of aromatic nitrogens is 1. The molecule has 4 heteroatoms. The second-order valence-electron chi connectivity index (χ2n) is 3.03. The van der Waals surface area contributed by atoms with Gasteiger partial charge >= 0.3 is 0 Å². The fraction of sp³-hybridized carbons (Fsp3) is 0.333. The van der Waals surface area contributed by atoms with Gasteiger partial charge < -0.3 is 0 Å². The molecule has 0 saturated carbocycles. The van der Waals surface area contributed by atoms with Gasteiger partial charge in [0, 0.05) is 29.9 Å². The Labute approximate surface area is 81.6 Å². The highest BCUT2D eigenvalue weighted by molar-refractivity contribution is 7.71. The zero-order valence-corrected chi connectivity index (χ0v) is 7.96. The van der Waals surface area contributed by atoms with Gasteiger partial charge in [0.15, 0.2) is 0 Å². The molecule has 3 nitrogen and oxygen atoms in total. The minimum atomic E-state index is 0.183. The predicted molar refractivity (Wildman–Crippen MR) is 52.6 cm³/mol. The Bertz CT molecular complexity index is 365. The first kappa shape index (κ1) is 8.44. The number of carbonyl (C=O) groups excluding carboxylic acids is 1. The highest BCUT2D eigenvalue weighted by Gasteiger charge is 2.20. The summed E-state index contributed by atoms with van der Waals surface area (Å²) in [6, 6.07) is 3.64. The fourth-order valence-electron chi connectivity index (χ4n) is 1.44. The molecular weight excluding hydrogens is 184 g/mol. The van der Waals surface area contributed by atoms with Gasteiger partial charge in [-0.3, -0.25) is 14.5 Å². The van der Waals surface area contributed by atoms with Crippen LogP contribution in [0.5, 0.6) is 0 Å². The van der Waals surface area contributed by atoms with Crippen LogP contribution in [0.1, 0.15) is 12.8 Å². The number of pyridine rings is 1. The summed E-state index contributed by atoms with van der Waals surface area (Å²) in [6.07, 6.45) is 5.25. The van der Waals surface area contributed by atoms with Crippen molar-refractivity contribution in [2.75, 3.05) is 11.6 Å². The molecule has 0 unspecified atom stereocenters. The molecule has 1 aromatic heterocycles. The van der Waals surface area contributed by atoms with Gasteiger partial charge in [0.1, 0.15) is 0 Å². The van der Waals surface area contributed by atoms with Crippen LogP contribution in [-0.2, 0) is 4.79 Å². The SMILES string of the molecule is O=C1CCCN1n1ccc(=S)cc1. The van der Waals surface area contributed by atoms with Gasteiger partial charge in [-0.05, 0) is 18.6 Å². The van der Waals surface area contributed by atoms with Gasteiger partial charge in [-0.25, -0.2) is 0 Å². The molecule has 1 fully saturated rings. The molecule has 1 aromatic rings. The molecule has 0 atom stereocenters. The van der Waals surface area contributed by atoms with E-state index in [0.717, 1.165) is 17.5 Å². The Hall–Kier alpha value is -1.16. The van der Waals surface area contributed by atoms with Crippen LogP contribution < -0.4 is 5.01 Å². The van der Waals surface area contributed by atoms with Crippen molar-refractivity contribution < 1.29 is 4.79 Å². The van der Waals surface area contributed by atoms with E-state index in [1.165, 1.54) is 0 Å². The molecule has 2 rings (SSSR count). The van der Waals surface area contributed by atoms with Crippen molar-refractivity contribution in [2.24, 2.45) is 0 Å². The molecule has 0 N–H and O–H groups in total. The first-order chi connectivity index (χ1) is 6.27. The van der Waals surface area contributed by atoms with Crippen molar-refractivity contribution in [3.63, 3.8) is 0 Å². The molecule has 0 bridgehead atoms. The summed E-state index contributed by atoms with van der Waals surface area (Å²) in [4.78, 5) is 11.3. The molecule has 1 aliphatic heterocycles. The Kier molecular flexibility index (Phi) is 2.14. The average Bonchev–Trinajstić information content (AvgIpc) is 2.53. The third-order valence-corrected chi connectivity index (χ3v) is 2.38. The molecule has 13 heavy (non-hydrogen) atoms. The Morgan fingerprint density at radius 1 is 1.31 bits per heavy atom. The average molecular weight is 194 g/mol. The predicted octanol–water partition coefficient (Wildman–Crippen LogP) is 1.48. The van der Waals surface area contributed by atoms with Crippen LogP contribution in [0, 0.1) is 4.51 Å². The zero-order valence-electron chi connectivity index (χ0n) is 7.14. The van der Waals surface area contributed by atoms with Crippen molar-refractivity contribution in [3.05, 3.63) is 29.0 Å². The quantitative estimate of drug-likeness (QED) is 0.633. The molecule has 68 valence electrons. The number of carbonyl (C=O) groups is 1. The second kappa shape index (κ2) is 3.30. The molecule has 1 saturated heterocycles. The van der Waals surface area contributed by atoms with E-state index in [0.29, 0.717) is 6.42 Å². The van der Waals surface area contributed by atoms with E-state index in [2.05, 4.69) is 0 Å². The van der Waals surface area contributed by atoms with Gasteiger partial charge in [-0.2, -0.15) is 0 Å². The Morgan fingerprint density at radius 3 is 2.54 bits per heavy atom. The molecule has 0 aromatic carbocycles. The van der Waals surface area contributed by atoms with E-state index in [4.69, 9.17) is 12.2 Å². The molecule has 2 heterocycles. The van der Waals surface area contributed by atoms with E-state index in [-0.39, 0.29) is 5.91 Å². The van der Waals surface area contributed by atoms with E-state index >= 15 is 0 Å². The van der Waals surface area contributed by atoms with E-state index < -0.39 is 0 Å². The highest BCUT2D eigenvalue weighted by Crippen LogP contribution is 2.08. The summed E-state index contributed by atoms with van der Waals surface area (Å²) in [7, 11) is 0. The van der Waals surface area contributed by atoms with Crippen LogP contribution in [0.4, 0.5) is 0 Å². The summed E-state index contributed by atoms with van der Waals surface area (Å²) < 4.78 is 2.59. The molecular formula is C9H10N2OS. The third-order valence-electron chi connectivity index (χ3n) is 2.11. The highest BCUT2D eigenvalue weighted by atomic mass is 32.1. The largest absolute Gasteiger partial charge is 0.273 e. The van der Waals surface area contributed by atoms with Crippen molar-refractivity contribution in [1.82, 2.24) is 4.68 Å². The second-order valence-corrected chi connectivity index (χ2v) is 3.51. The van der Waals surface area contributed by atoms with Crippen LogP contribution in [0.15, 0.2) is 24.5 Å². The van der Waals surface area contributed by atoms with E-state index in [9.17, 15) is 4.79 Å². The third kappa shape index (κ3) is 1.62. The van der Waals surface area contributed by atoms with Crippen LogP contribution in [-0.4, -0.2) is 17.1 Å². The summed E-state index contributed by atoms with van der Waals surface area (Å²) in [6.45, 7) is 0.806. The molecule has 1 aliphatic rings. The lowest BCUT2D eigenvalue weighted by Gasteiger charge is -2.18. The van der Waals surface area contributed by atoms with Gasteiger partial charge in [0.25, 0.3) is 0 Å². The van der Waals surface area contributed by atoms with Crippen molar-refractivity contribution in [2.45, 2.75) is 12.8 Å². The van der Waals surface area contributed by atoms with Gasteiger partial charge in [0.2, 0.25) is 5.91 Å². The van der Waals surface area contributed by atoms with Crippen molar-refractivity contribution in [1.29, 1.82) is 0 Å². The van der Waals surface area contributed by atoms with Gasteiger partial charge in [-0.15, -0.1) is 0 Å².